The van der Waals surface area contributed by atoms with Gasteiger partial charge in [0.2, 0.25) is 5.91 Å². The average molecular weight is 345 g/mol. The minimum Gasteiger partial charge on any atom is -0.356 e. The molecular weight excluding hydrogens is 324 g/mol. The van der Waals surface area contributed by atoms with Crippen molar-refractivity contribution in [2.75, 3.05) is 18.0 Å². The molecule has 0 aliphatic carbocycles. The molecule has 3 rings (SSSR count). The predicted molar refractivity (Wildman–Crippen MR) is 96.3 cm³/mol. The quantitative estimate of drug-likeness (QED) is 0.928. The van der Waals surface area contributed by atoms with Crippen LogP contribution >= 0.6 is 11.6 Å². The Balaban J connectivity index is 1.74. The van der Waals surface area contributed by atoms with Gasteiger partial charge in [-0.25, -0.2) is 9.97 Å². The van der Waals surface area contributed by atoms with Crippen molar-refractivity contribution in [3.05, 3.63) is 41.2 Å². The van der Waals surface area contributed by atoms with Crippen LogP contribution in [0.3, 0.4) is 0 Å². The van der Waals surface area contributed by atoms with Crippen molar-refractivity contribution in [2.24, 2.45) is 0 Å². The van der Waals surface area contributed by atoms with Crippen LogP contribution < -0.4 is 10.2 Å². The Labute approximate surface area is 147 Å². The molecule has 0 atom stereocenters. The van der Waals surface area contributed by atoms with E-state index in [-0.39, 0.29) is 11.9 Å². The number of nitrogens with one attached hydrogen (secondary N) is 1. The van der Waals surface area contributed by atoms with E-state index in [0.29, 0.717) is 0 Å². The van der Waals surface area contributed by atoms with Crippen LogP contribution in [0.15, 0.2) is 30.6 Å². The van der Waals surface area contributed by atoms with Gasteiger partial charge < -0.3 is 10.2 Å². The van der Waals surface area contributed by atoms with Gasteiger partial charge in [-0.05, 0) is 37.5 Å². The highest BCUT2D eigenvalue weighted by Crippen LogP contribution is 2.26. The first kappa shape index (κ1) is 16.7. The molecule has 6 heteroatoms. The van der Waals surface area contributed by atoms with Crippen LogP contribution in [0.5, 0.6) is 0 Å². The molecule has 0 bridgehead atoms. The number of carbonyl (C=O) groups is 1. The Hall–Kier alpha value is -2.14. The lowest BCUT2D eigenvalue weighted by molar-refractivity contribution is -0.119. The number of anilines is 1. The van der Waals surface area contributed by atoms with E-state index >= 15 is 0 Å². The number of carbonyl (C=O) groups excluding carboxylic acids is 1. The monoisotopic (exact) mass is 344 g/mol. The molecule has 0 saturated carbocycles. The van der Waals surface area contributed by atoms with Crippen LogP contribution in [0.1, 0.15) is 25.3 Å². The Kier molecular flexibility index (Phi) is 5.00. The molecule has 0 spiro atoms. The van der Waals surface area contributed by atoms with Gasteiger partial charge in [0.1, 0.15) is 12.1 Å². The number of rotatable bonds is 3. The average Bonchev–Trinajstić information content (AvgIpc) is 2.58. The van der Waals surface area contributed by atoms with Crippen LogP contribution in [0.2, 0.25) is 5.02 Å². The van der Waals surface area contributed by atoms with Gasteiger partial charge in [-0.15, -0.1) is 0 Å². The van der Waals surface area contributed by atoms with Gasteiger partial charge in [-0.3, -0.25) is 4.79 Å². The van der Waals surface area contributed by atoms with Crippen LogP contribution in [-0.4, -0.2) is 35.0 Å². The fraction of sp³-hybridized carbons (Fsp3) is 0.389. The third-order valence-electron chi connectivity index (χ3n) is 4.33. The number of amides is 1. The summed E-state index contributed by atoms with van der Waals surface area (Å²) in [7, 11) is 0. The zero-order valence-corrected chi connectivity index (χ0v) is 14.7. The summed E-state index contributed by atoms with van der Waals surface area (Å²) in [6.07, 6.45) is 3.46. The van der Waals surface area contributed by atoms with Gasteiger partial charge >= 0.3 is 0 Å². The second-order valence-corrected chi connectivity index (χ2v) is 6.59. The Bertz CT molecular complexity index is 742. The molecule has 126 valence electrons. The summed E-state index contributed by atoms with van der Waals surface area (Å²) in [6.45, 7) is 5.31. The number of aryl methyl sites for hydroxylation is 1. The van der Waals surface area contributed by atoms with Crippen molar-refractivity contribution < 1.29 is 4.79 Å². The molecule has 1 N–H and O–H groups in total. The van der Waals surface area contributed by atoms with Gasteiger partial charge in [0.15, 0.2) is 0 Å². The number of nitrogens with zero attached hydrogens (tertiary/aromatic N) is 3. The zero-order valence-electron chi connectivity index (χ0n) is 13.9. The molecule has 1 fully saturated rings. The highest BCUT2D eigenvalue weighted by Gasteiger charge is 2.21. The molecule has 1 aromatic carbocycles. The Morgan fingerprint density at radius 1 is 1.25 bits per heavy atom. The van der Waals surface area contributed by atoms with E-state index in [1.165, 1.54) is 0 Å². The molecule has 1 amide bonds. The fourth-order valence-electron chi connectivity index (χ4n) is 3.02. The van der Waals surface area contributed by atoms with E-state index in [1.54, 1.807) is 13.3 Å². The van der Waals surface area contributed by atoms with E-state index in [9.17, 15) is 4.79 Å². The highest BCUT2D eigenvalue weighted by atomic mass is 35.5. The first-order valence-electron chi connectivity index (χ1n) is 8.13. The molecule has 1 aliphatic heterocycles. The summed E-state index contributed by atoms with van der Waals surface area (Å²) < 4.78 is 0. The highest BCUT2D eigenvalue weighted by molar-refractivity contribution is 6.31. The lowest BCUT2D eigenvalue weighted by Crippen LogP contribution is -2.44. The van der Waals surface area contributed by atoms with Crippen LogP contribution in [0, 0.1) is 6.92 Å². The number of hydrogen-bond donors (Lipinski definition) is 1. The van der Waals surface area contributed by atoms with Crippen molar-refractivity contribution in [2.45, 2.75) is 32.7 Å². The molecule has 2 heterocycles. The summed E-state index contributed by atoms with van der Waals surface area (Å²) in [4.78, 5) is 22.2. The maximum Gasteiger partial charge on any atom is 0.217 e. The number of halogens is 1. The van der Waals surface area contributed by atoms with E-state index < -0.39 is 0 Å². The van der Waals surface area contributed by atoms with Gasteiger partial charge in [0.25, 0.3) is 0 Å². The molecule has 1 aliphatic rings. The summed E-state index contributed by atoms with van der Waals surface area (Å²) in [5.41, 5.74) is 2.96. The van der Waals surface area contributed by atoms with Gasteiger partial charge in [-0.2, -0.15) is 0 Å². The lowest BCUT2D eigenvalue weighted by Gasteiger charge is -2.33. The third kappa shape index (κ3) is 3.85. The van der Waals surface area contributed by atoms with Gasteiger partial charge in [-0.1, -0.05) is 17.7 Å². The molecular formula is C18H21ClN4O. The second kappa shape index (κ2) is 7.18. The van der Waals surface area contributed by atoms with Crippen molar-refractivity contribution in [1.29, 1.82) is 0 Å². The zero-order chi connectivity index (χ0) is 17.1. The van der Waals surface area contributed by atoms with Crippen molar-refractivity contribution in [1.82, 2.24) is 15.3 Å². The van der Waals surface area contributed by atoms with Crippen molar-refractivity contribution in [3.63, 3.8) is 0 Å². The van der Waals surface area contributed by atoms with E-state index in [0.717, 1.165) is 53.6 Å². The first-order chi connectivity index (χ1) is 11.5. The van der Waals surface area contributed by atoms with Crippen LogP contribution in [0.25, 0.3) is 11.3 Å². The second-order valence-electron chi connectivity index (χ2n) is 6.19. The number of hydrogen-bond acceptors (Lipinski definition) is 4. The molecule has 24 heavy (non-hydrogen) atoms. The lowest BCUT2D eigenvalue weighted by atomic mass is 10.0. The molecule has 2 aromatic rings. The van der Waals surface area contributed by atoms with E-state index in [4.69, 9.17) is 11.6 Å². The minimum absolute atomic E-state index is 0.0379. The Morgan fingerprint density at radius 2 is 2.00 bits per heavy atom. The largest absolute Gasteiger partial charge is 0.356 e. The maximum atomic E-state index is 11.2. The maximum absolute atomic E-state index is 11.2. The summed E-state index contributed by atoms with van der Waals surface area (Å²) >= 11 is 6.10. The van der Waals surface area contributed by atoms with Gasteiger partial charge in [0.05, 0.1) is 5.69 Å². The number of piperidine rings is 1. The summed E-state index contributed by atoms with van der Waals surface area (Å²) in [5, 5.41) is 3.75. The van der Waals surface area contributed by atoms with Crippen LogP contribution in [-0.2, 0) is 4.79 Å². The standard InChI is InChI=1S/C18H21ClN4O/c1-12-9-14(3-4-16(12)19)17-10-18(21-11-20-17)23-7-5-15(6-8-23)22-13(2)24/h3-4,9-11,15H,5-8H2,1-2H3,(H,22,24). The van der Waals surface area contributed by atoms with Gasteiger partial charge in [0, 0.05) is 42.7 Å². The molecule has 1 aromatic heterocycles. The van der Waals surface area contributed by atoms with Crippen molar-refractivity contribution in [3.8, 4) is 11.3 Å². The number of aromatic nitrogens is 2. The third-order valence-corrected chi connectivity index (χ3v) is 4.76. The fourth-order valence-corrected chi connectivity index (χ4v) is 3.14. The normalized spacial score (nSPS) is 15.4. The number of benzene rings is 1. The van der Waals surface area contributed by atoms with E-state index in [2.05, 4.69) is 20.2 Å². The molecule has 0 unspecified atom stereocenters. The topological polar surface area (TPSA) is 58.1 Å². The summed E-state index contributed by atoms with van der Waals surface area (Å²) in [6, 6.07) is 8.19. The molecule has 0 radical (unpaired) electrons. The minimum atomic E-state index is 0.0379. The van der Waals surface area contributed by atoms with E-state index in [1.807, 2.05) is 31.2 Å². The van der Waals surface area contributed by atoms with Crippen LogP contribution in [0.4, 0.5) is 5.82 Å². The van der Waals surface area contributed by atoms with Crippen molar-refractivity contribution >= 4 is 23.3 Å². The molecule has 5 nitrogen and oxygen atoms in total. The first-order valence-corrected chi connectivity index (χ1v) is 8.51. The Morgan fingerprint density at radius 3 is 2.67 bits per heavy atom. The summed E-state index contributed by atoms with van der Waals surface area (Å²) in [5.74, 6) is 0.963. The smallest absolute Gasteiger partial charge is 0.217 e. The predicted octanol–water partition coefficient (Wildman–Crippen LogP) is 3.21. The SMILES string of the molecule is CC(=O)NC1CCN(c2cc(-c3ccc(Cl)c(C)c3)ncn2)CC1. The molecule has 1 saturated heterocycles.